The Morgan fingerprint density at radius 2 is 1.76 bits per heavy atom. The lowest BCUT2D eigenvalue weighted by Crippen LogP contribution is -2.12. The summed E-state index contributed by atoms with van der Waals surface area (Å²) in [7, 11) is -1.83. The van der Waals surface area contributed by atoms with Gasteiger partial charge in [0.15, 0.2) is 0 Å². The maximum absolute atomic E-state index is 12.6. The van der Waals surface area contributed by atoms with Crippen LogP contribution in [0.25, 0.3) is 0 Å². The highest BCUT2D eigenvalue weighted by Crippen LogP contribution is 2.43. The van der Waals surface area contributed by atoms with E-state index in [1.165, 1.54) is 4.31 Å². The number of nitrogens with zero attached hydrogens (tertiary/aromatic N) is 1. The number of benzene rings is 2. The molecule has 1 saturated heterocycles. The van der Waals surface area contributed by atoms with Crippen molar-refractivity contribution in [1.82, 2.24) is 4.31 Å². The molecule has 5 heteroatoms. The highest BCUT2D eigenvalue weighted by Gasteiger charge is 2.46. The lowest BCUT2D eigenvalue weighted by Gasteiger charge is -2.09. The molecule has 4 nitrogen and oxygen atoms in total. The van der Waals surface area contributed by atoms with E-state index in [0.717, 1.165) is 16.9 Å². The van der Waals surface area contributed by atoms with E-state index in [-0.39, 0.29) is 6.04 Å². The Morgan fingerprint density at radius 3 is 2.43 bits per heavy atom. The molecule has 0 radical (unpaired) electrons. The van der Waals surface area contributed by atoms with E-state index in [0.29, 0.717) is 11.4 Å². The summed E-state index contributed by atoms with van der Waals surface area (Å²) < 4.78 is 32.0. The van der Waals surface area contributed by atoms with Crippen LogP contribution in [0.3, 0.4) is 0 Å². The normalized spacial score (nSPS) is 21.0. The van der Waals surface area contributed by atoms with Gasteiger partial charge in [0.25, 0.3) is 0 Å². The second kappa shape index (κ2) is 5.16. The van der Waals surface area contributed by atoms with Crippen molar-refractivity contribution in [3.05, 3.63) is 59.7 Å². The van der Waals surface area contributed by atoms with Gasteiger partial charge in [-0.1, -0.05) is 35.9 Å². The average Bonchev–Trinajstić information content (AvgIpc) is 3.28. The first-order valence-electron chi connectivity index (χ1n) is 6.75. The van der Waals surface area contributed by atoms with Gasteiger partial charge < -0.3 is 4.74 Å². The molecular weight excluding hydrogens is 286 g/mol. The van der Waals surface area contributed by atoms with Gasteiger partial charge in [0, 0.05) is 12.1 Å². The first-order valence-corrected chi connectivity index (χ1v) is 8.19. The Kier molecular flexibility index (Phi) is 3.47. The van der Waals surface area contributed by atoms with Crippen molar-refractivity contribution in [3.63, 3.8) is 0 Å². The van der Waals surface area contributed by atoms with Gasteiger partial charge >= 0.3 is 0 Å². The summed E-state index contributed by atoms with van der Waals surface area (Å²) >= 11 is 0. The van der Waals surface area contributed by atoms with Crippen LogP contribution in [-0.4, -0.2) is 26.4 Å². The topological polar surface area (TPSA) is 46.4 Å². The number of sulfonamides is 1. The zero-order chi connectivity index (χ0) is 15.0. The summed E-state index contributed by atoms with van der Waals surface area (Å²) in [5.41, 5.74) is 1.96. The summed E-state index contributed by atoms with van der Waals surface area (Å²) in [4.78, 5) is 0.338. The molecule has 110 valence electrons. The number of ether oxygens (including phenoxy) is 1. The third-order valence-electron chi connectivity index (χ3n) is 3.69. The zero-order valence-corrected chi connectivity index (χ0v) is 12.8. The average molecular weight is 303 g/mol. The van der Waals surface area contributed by atoms with E-state index < -0.39 is 10.0 Å². The van der Waals surface area contributed by atoms with Crippen molar-refractivity contribution < 1.29 is 13.2 Å². The van der Waals surface area contributed by atoms with Gasteiger partial charge in [0.2, 0.25) is 10.0 Å². The van der Waals surface area contributed by atoms with Crippen LogP contribution >= 0.6 is 0 Å². The largest absolute Gasteiger partial charge is 0.496 e. The van der Waals surface area contributed by atoms with Gasteiger partial charge in [-0.15, -0.1) is 0 Å². The molecule has 3 rings (SSSR count). The van der Waals surface area contributed by atoms with Crippen LogP contribution in [0.2, 0.25) is 0 Å². The molecule has 0 spiro atoms. The van der Waals surface area contributed by atoms with Crippen LogP contribution in [0.5, 0.6) is 5.75 Å². The fourth-order valence-electron chi connectivity index (χ4n) is 2.43. The lowest BCUT2D eigenvalue weighted by molar-refractivity contribution is 0.408. The van der Waals surface area contributed by atoms with Gasteiger partial charge in [-0.2, -0.15) is 4.31 Å². The van der Waals surface area contributed by atoms with Crippen molar-refractivity contribution in [2.24, 2.45) is 0 Å². The minimum Gasteiger partial charge on any atom is -0.496 e. The number of aryl methyl sites for hydroxylation is 1. The maximum atomic E-state index is 12.6. The first-order chi connectivity index (χ1) is 10.0. The molecule has 0 amide bonds. The maximum Gasteiger partial charge on any atom is 0.243 e. The molecule has 0 aromatic heterocycles. The van der Waals surface area contributed by atoms with E-state index in [1.54, 1.807) is 19.2 Å². The van der Waals surface area contributed by atoms with E-state index in [4.69, 9.17) is 4.74 Å². The molecule has 0 bridgehead atoms. The van der Waals surface area contributed by atoms with Crippen molar-refractivity contribution >= 4 is 10.0 Å². The quantitative estimate of drug-likeness (QED) is 0.816. The first kappa shape index (κ1) is 14.1. The molecule has 2 aromatic rings. The number of hydrogen-bond donors (Lipinski definition) is 0. The molecular formula is C16H17NO3S. The fraction of sp³-hybridized carbons (Fsp3) is 0.250. The van der Waals surface area contributed by atoms with Crippen LogP contribution in [0, 0.1) is 6.92 Å². The second-order valence-corrected chi connectivity index (χ2v) is 7.04. The predicted molar refractivity (Wildman–Crippen MR) is 80.8 cm³/mol. The van der Waals surface area contributed by atoms with Crippen LogP contribution in [0.15, 0.2) is 53.4 Å². The van der Waals surface area contributed by atoms with Gasteiger partial charge in [0.05, 0.1) is 18.0 Å². The van der Waals surface area contributed by atoms with Gasteiger partial charge in [-0.3, -0.25) is 0 Å². The minimum atomic E-state index is -3.43. The van der Waals surface area contributed by atoms with Crippen molar-refractivity contribution in [2.45, 2.75) is 17.9 Å². The molecule has 2 unspecified atom stereocenters. The SMILES string of the molecule is COc1ccccc1C1CN1S(=O)(=O)c1ccc(C)cc1. The molecule has 2 aromatic carbocycles. The Morgan fingerprint density at radius 1 is 1.10 bits per heavy atom. The fourth-order valence-corrected chi connectivity index (χ4v) is 3.97. The Balaban J connectivity index is 1.88. The standard InChI is InChI=1S/C16H17NO3S/c1-12-7-9-13(10-8-12)21(18,19)17-11-15(17)14-5-3-4-6-16(14)20-2/h3-10,15H,11H2,1-2H3. The van der Waals surface area contributed by atoms with E-state index in [9.17, 15) is 8.42 Å². The van der Waals surface area contributed by atoms with Crippen LogP contribution in [0.1, 0.15) is 17.2 Å². The number of hydrogen-bond acceptors (Lipinski definition) is 3. The minimum absolute atomic E-state index is 0.132. The number of rotatable bonds is 4. The molecule has 1 aliphatic rings. The van der Waals surface area contributed by atoms with Crippen molar-refractivity contribution in [2.75, 3.05) is 13.7 Å². The van der Waals surface area contributed by atoms with Crippen LogP contribution in [-0.2, 0) is 10.0 Å². The molecule has 0 N–H and O–H groups in total. The summed E-state index contributed by atoms with van der Waals surface area (Å²) in [5, 5.41) is 0. The summed E-state index contributed by atoms with van der Waals surface area (Å²) in [6.07, 6.45) is 0. The molecule has 1 fully saturated rings. The molecule has 21 heavy (non-hydrogen) atoms. The molecule has 1 aliphatic heterocycles. The Labute approximate surface area is 125 Å². The molecule has 2 atom stereocenters. The monoisotopic (exact) mass is 303 g/mol. The molecule has 1 heterocycles. The van der Waals surface area contributed by atoms with Gasteiger partial charge in [0.1, 0.15) is 5.75 Å². The summed E-state index contributed by atoms with van der Waals surface area (Å²) in [5.74, 6) is 0.726. The predicted octanol–water partition coefficient (Wildman–Crippen LogP) is 2.75. The third kappa shape index (κ3) is 2.54. The molecule has 0 aliphatic carbocycles. The third-order valence-corrected chi connectivity index (χ3v) is 5.58. The molecule has 0 saturated carbocycles. The van der Waals surface area contributed by atoms with Gasteiger partial charge in [-0.25, -0.2) is 8.42 Å². The van der Waals surface area contributed by atoms with Crippen molar-refractivity contribution in [3.8, 4) is 5.75 Å². The summed E-state index contributed by atoms with van der Waals surface area (Å²) in [6.45, 7) is 2.43. The summed E-state index contributed by atoms with van der Waals surface area (Å²) in [6, 6.07) is 14.3. The Bertz CT molecular complexity index is 753. The highest BCUT2D eigenvalue weighted by atomic mass is 32.2. The highest BCUT2D eigenvalue weighted by molar-refractivity contribution is 7.89. The van der Waals surface area contributed by atoms with Crippen molar-refractivity contribution in [1.29, 1.82) is 0 Å². The zero-order valence-electron chi connectivity index (χ0n) is 12.0. The lowest BCUT2D eigenvalue weighted by atomic mass is 10.1. The number of methoxy groups -OCH3 is 1. The Hall–Kier alpha value is -1.85. The van der Waals surface area contributed by atoms with Gasteiger partial charge in [-0.05, 0) is 25.1 Å². The van der Waals surface area contributed by atoms with Crippen LogP contribution < -0.4 is 4.74 Å². The second-order valence-electron chi connectivity index (χ2n) is 5.15. The smallest absolute Gasteiger partial charge is 0.243 e. The van der Waals surface area contributed by atoms with E-state index in [1.807, 2.05) is 43.3 Å². The van der Waals surface area contributed by atoms with Crippen LogP contribution in [0.4, 0.5) is 0 Å². The van der Waals surface area contributed by atoms with E-state index >= 15 is 0 Å². The van der Waals surface area contributed by atoms with E-state index in [2.05, 4.69) is 0 Å². The number of para-hydroxylation sites is 1.